The first-order valence-corrected chi connectivity index (χ1v) is 31.8. The van der Waals surface area contributed by atoms with Gasteiger partial charge in [0.2, 0.25) is 0 Å². The molecule has 0 spiro atoms. The fourth-order valence-electron chi connectivity index (χ4n) is 16.6. The van der Waals surface area contributed by atoms with Crippen LogP contribution >= 0.6 is 0 Å². The first-order chi connectivity index (χ1) is 41.4. The predicted molar refractivity (Wildman–Crippen MR) is 349 cm³/mol. The Kier molecular flexibility index (Phi) is 15.7. The molecule has 4 N–H and O–H groups in total. The van der Waals surface area contributed by atoms with Crippen molar-refractivity contribution in [2.75, 3.05) is 13.1 Å². The molecule has 13 rings (SSSR count). The summed E-state index contributed by atoms with van der Waals surface area (Å²) in [4.78, 5) is 45.5. The lowest BCUT2D eigenvalue weighted by molar-refractivity contribution is -0.0581. The summed E-state index contributed by atoms with van der Waals surface area (Å²) in [6, 6.07) is 47.6. The number of ether oxygens (including phenoxy) is 1. The first kappa shape index (κ1) is 56.1. The van der Waals surface area contributed by atoms with Gasteiger partial charge in [-0.1, -0.05) is 169 Å². The molecule has 0 unspecified atom stereocenters. The van der Waals surface area contributed by atoms with E-state index in [0.717, 1.165) is 144 Å². The average Bonchev–Trinajstić information content (AvgIpc) is 2.19. The van der Waals surface area contributed by atoms with Crippen molar-refractivity contribution in [1.82, 2.24) is 30.6 Å². The number of carbonyl (C=O) groups excluding carboxylic acids is 2. The number of aromatic nitrogens is 4. The summed E-state index contributed by atoms with van der Waals surface area (Å²) in [6.07, 6.45) is 24.8. The first-order valence-electron chi connectivity index (χ1n) is 31.8. The summed E-state index contributed by atoms with van der Waals surface area (Å²) in [6.45, 7) is 13.3. The summed E-state index contributed by atoms with van der Waals surface area (Å²) >= 11 is 0. The number of nitrogens with zero attached hydrogens (tertiary/aromatic N) is 2. The van der Waals surface area contributed by atoms with Crippen molar-refractivity contribution in [3.63, 3.8) is 0 Å². The highest BCUT2D eigenvalue weighted by Gasteiger charge is 2.59. The minimum absolute atomic E-state index is 0.106. The van der Waals surface area contributed by atoms with Crippen molar-refractivity contribution < 1.29 is 14.3 Å². The SMILES string of the molecule is CC(C)CCC[C@@H](C)[C@H]1CC[C@H]2[C@@H]3CC=C4C[C@@H](OC(=O)NCCCNC(=O)c5ccc(-c6c7nc(c(-c8ccccc8)c8ccc([nH]8)c(-c8ccccc8)c8nc(c(-c9ccccc9)c9ccc6[nH]9)C=C8)C=C7)cc5)CC[C@]4(C)[C@H]3CC[C@]12C. The summed E-state index contributed by atoms with van der Waals surface area (Å²) < 4.78 is 6.11. The average molecular weight is 1130 g/mol. The van der Waals surface area contributed by atoms with Crippen LogP contribution in [0, 0.1) is 46.3 Å². The molecule has 8 bridgehead atoms. The molecular formula is C76H82N6O3. The van der Waals surface area contributed by atoms with E-state index < -0.39 is 0 Å². The molecule has 5 heterocycles. The van der Waals surface area contributed by atoms with Crippen LogP contribution in [0.2, 0.25) is 0 Å². The molecule has 4 aliphatic carbocycles. The minimum Gasteiger partial charge on any atom is -0.446 e. The van der Waals surface area contributed by atoms with Crippen LogP contribution in [0.15, 0.2) is 151 Å². The van der Waals surface area contributed by atoms with E-state index in [1.54, 1.807) is 0 Å². The largest absolute Gasteiger partial charge is 0.446 e. The minimum atomic E-state index is -0.366. The second kappa shape index (κ2) is 23.8. The van der Waals surface area contributed by atoms with Crippen LogP contribution in [-0.4, -0.2) is 51.1 Å². The molecule has 7 aromatic rings. The van der Waals surface area contributed by atoms with Gasteiger partial charge in [0.25, 0.3) is 5.91 Å². The number of rotatable bonds is 15. The van der Waals surface area contributed by atoms with Gasteiger partial charge in [-0.25, -0.2) is 14.8 Å². The van der Waals surface area contributed by atoms with Gasteiger partial charge >= 0.3 is 6.09 Å². The Balaban J connectivity index is 0.699. The molecule has 0 radical (unpaired) electrons. The maximum atomic E-state index is 13.7. The highest BCUT2D eigenvalue weighted by molar-refractivity contribution is 6.00. The van der Waals surface area contributed by atoms with Crippen LogP contribution in [0.5, 0.6) is 0 Å². The third kappa shape index (κ3) is 11.0. The van der Waals surface area contributed by atoms with Gasteiger partial charge in [-0.15, -0.1) is 0 Å². The van der Waals surface area contributed by atoms with E-state index in [2.05, 4.69) is 183 Å². The fourth-order valence-corrected chi connectivity index (χ4v) is 16.6. The number of amides is 2. The van der Waals surface area contributed by atoms with Gasteiger partial charge < -0.3 is 25.3 Å². The monoisotopic (exact) mass is 1130 g/mol. The Morgan fingerprint density at radius 1 is 0.565 bits per heavy atom. The van der Waals surface area contributed by atoms with Crippen molar-refractivity contribution in [2.24, 2.45) is 46.3 Å². The molecule has 2 aliphatic heterocycles. The highest BCUT2D eigenvalue weighted by Crippen LogP contribution is 2.67. The van der Waals surface area contributed by atoms with Crippen molar-refractivity contribution in [3.8, 4) is 44.5 Å². The van der Waals surface area contributed by atoms with Crippen molar-refractivity contribution in [3.05, 3.63) is 180 Å². The van der Waals surface area contributed by atoms with Crippen molar-refractivity contribution in [1.29, 1.82) is 0 Å². The molecule has 3 aromatic heterocycles. The van der Waals surface area contributed by atoms with E-state index >= 15 is 0 Å². The number of carbonyl (C=O) groups is 2. The number of allylic oxidation sites excluding steroid dienone is 1. The van der Waals surface area contributed by atoms with Crippen LogP contribution in [0.3, 0.4) is 0 Å². The van der Waals surface area contributed by atoms with E-state index in [9.17, 15) is 9.59 Å². The number of fused-ring (bicyclic) bond motifs is 13. The normalized spacial score (nSPS) is 23.4. The van der Waals surface area contributed by atoms with Crippen molar-refractivity contribution >= 4 is 58.4 Å². The van der Waals surface area contributed by atoms with Gasteiger partial charge in [0.1, 0.15) is 6.10 Å². The number of hydrogen-bond donors (Lipinski definition) is 4. The Morgan fingerprint density at radius 2 is 1.07 bits per heavy atom. The maximum Gasteiger partial charge on any atom is 0.407 e. The van der Waals surface area contributed by atoms with Gasteiger partial charge in [-0.3, -0.25) is 4.79 Å². The second-order valence-corrected chi connectivity index (χ2v) is 26.3. The number of aromatic amines is 2. The molecule has 9 nitrogen and oxygen atoms in total. The zero-order valence-corrected chi connectivity index (χ0v) is 50.2. The fraction of sp³-hybridized carbons (Fsp3) is 0.368. The van der Waals surface area contributed by atoms with Gasteiger partial charge in [-0.2, -0.15) is 0 Å². The third-order valence-corrected chi connectivity index (χ3v) is 20.8. The second-order valence-electron chi connectivity index (χ2n) is 26.3. The molecular weight excluding hydrogens is 1040 g/mol. The lowest BCUT2D eigenvalue weighted by atomic mass is 9.47. The van der Waals surface area contributed by atoms with Gasteiger partial charge in [0, 0.05) is 69.4 Å². The van der Waals surface area contributed by atoms with E-state index in [1.807, 2.05) is 42.5 Å². The molecule has 3 fully saturated rings. The molecule has 0 saturated heterocycles. The highest BCUT2D eigenvalue weighted by atomic mass is 16.6. The quantitative estimate of drug-likeness (QED) is 0.0601. The Labute approximate surface area is 502 Å². The van der Waals surface area contributed by atoms with Gasteiger partial charge in [-0.05, 0) is 181 Å². The standard InChI is InChI=1S/C76H82N6O3/c1-48(2)17-15-18-49(3)58-31-32-59-57-30-29-55-47-56(41-43-75(55,4)60(57)42-44-76(58,59)5)85-74(84)78-46-16-45-77-73(83)54-27-25-53(26-28-54)72-67-39-37-65(81-67)70(51-21-11-7-12-22-51)63-35-33-61(79-63)69(50-19-9-6-10-20-50)62-34-36-64(80-62)71(52-23-13-8-14-24-52)66-38-40-68(72)82-66/h6-14,19-29,33-40,48-49,56-60,79,82H,15-18,30-32,41-47H2,1-5H3,(H,77,83)(H,78,84)/t49-,56+,57+,58-,59+,60+,75+,76-/m1/s1. The topological polar surface area (TPSA) is 125 Å². The smallest absolute Gasteiger partial charge is 0.407 e. The molecule has 85 heavy (non-hydrogen) atoms. The lowest BCUT2D eigenvalue weighted by Crippen LogP contribution is -2.51. The molecule has 434 valence electrons. The van der Waals surface area contributed by atoms with Crippen LogP contribution in [0.4, 0.5) is 4.79 Å². The summed E-state index contributed by atoms with van der Waals surface area (Å²) in [5, 5.41) is 6.08. The van der Waals surface area contributed by atoms with E-state index in [-0.39, 0.29) is 23.5 Å². The predicted octanol–water partition coefficient (Wildman–Crippen LogP) is 18.6. The molecule has 9 heteroatoms. The molecule has 3 saturated carbocycles. The lowest BCUT2D eigenvalue weighted by Gasteiger charge is -2.58. The number of nitrogens with one attached hydrogen (secondary N) is 4. The summed E-state index contributed by atoms with van der Waals surface area (Å²) in [5.74, 6) is 4.64. The van der Waals surface area contributed by atoms with E-state index in [4.69, 9.17) is 14.7 Å². The van der Waals surface area contributed by atoms with Crippen LogP contribution in [0.1, 0.15) is 145 Å². The zero-order chi connectivity index (χ0) is 58.2. The molecule has 4 aromatic carbocycles. The Hall–Kier alpha value is -8.04. The number of H-pyrrole nitrogens is 2. The van der Waals surface area contributed by atoms with E-state index in [1.165, 1.54) is 56.9 Å². The van der Waals surface area contributed by atoms with Crippen LogP contribution in [0.25, 0.3) is 90.9 Å². The maximum absolute atomic E-state index is 13.7. The third-order valence-electron chi connectivity index (χ3n) is 20.8. The zero-order valence-electron chi connectivity index (χ0n) is 50.2. The van der Waals surface area contributed by atoms with Crippen LogP contribution < -0.4 is 10.6 Å². The van der Waals surface area contributed by atoms with Crippen molar-refractivity contribution in [2.45, 2.75) is 118 Å². The van der Waals surface area contributed by atoms with Crippen LogP contribution in [-0.2, 0) is 4.74 Å². The number of hydrogen-bond acceptors (Lipinski definition) is 5. The van der Waals surface area contributed by atoms with Gasteiger partial charge in [0.15, 0.2) is 0 Å². The van der Waals surface area contributed by atoms with E-state index in [0.29, 0.717) is 30.5 Å². The molecule has 2 amide bonds. The summed E-state index contributed by atoms with van der Waals surface area (Å²) in [7, 11) is 0. The number of alkyl carbamates (subject to hydrolysis) is 1. The molecule has 8 atom stereocenters. The Bertz CT molecular complexity index is 3840. The summed E-state index contributed by atoms with van der Waals surface area (Å²) in [5.41, 5.74) is 17.7. The molecule has 6 aliphatic rings. The number of benzene rings is 4. The van der Waals surface area contributed by atoms with Gasteiger partial charge in [0.05, 0.1) is 22.8 Å². The Morgan fingerprint density at radius 3 is 1.59 bits per heavy atom.